The van der Waals surface area contributed by atoms with Crippen molar-refractivity contribution in [3.8, 4) is 11.5 Å². The lowest BCUT2D eigenvalue weighted by Gasteiger charge is -2.31. The Bertz CT molecular complexity index is 775. The smallest absolute Gasteiger partial charge is 0.411 e. The first-order valence-corrected chi connectivity index (χ1v) is 7.75. The monoisotopic (exact) mass is 342 g/mol. The van der Waals surface area contributed by atoms with Gasteiger partial charge in [0.1, 0.15) is 6.10 Å². The van der Waals surface area contributed by atoms with Crippen LogP contribution in [0.3, 0.4) is 0 Å². The largest absolute Gasteiger partial charge is 0.482 e. The molecule has 2 amide bonds. The second kappa shape index (κ2) is 7.12. The summed E-state index contributed by atoms with van der Waals surface area (Å²) in [5.74, 6) is 0.853. The van der Waals surface area contributed by atoms with Gasteiger partial charge in [-0.2, -0.15) is 0 Å². The van der Waals surface area contributed by atoms with Crippen LogP contribution >= 0.6 is 0 Å². The average molecular weight is 342 g/mol. The van der Waals surface area contributed by atoms with Crippen molar-refractivity contribution < 1.29 is 23.8 Å². The van der Waals surface area contributed by atoms with Gasteiger partial charge < -0.3 is 19.5 Å². The number of hydrogen-bond donors (Lipinski definition) is 2. The molecule has 2 aromatic rings. The minimum Gasteiger partial charge on any atom is -0.482 e. The molecule has 7 nitrogen and oxygen atoms in total. The van der Waals surface area contributed by atoms with Crippen molar-refractivity contribution in [2.45, 2.75) is 19.1 Å². The Morgan fingerprint density at radius 2 is 1.48 bits per heavy atom. The molecule has 2 atom stereocenters. The highest BCUT2D eigenvalue weighted by Gasteiger charge is 2.34. The van der Waals surface area contributed by atoms with Gasteiger partial charge in [-0.3, -0.25) is 10.1 Å². The van der Waals surface area contributed by atoms with E-state index in [1.165, 1.54) is 7.11 Å². The molecule has 7 heteroatoms. The molecule has 2 N–H and O–H groups in total. The van der Waals surface area contributed by atoms with E-state index < -0.39 is 18.3 Å². The molecule has 0 saturated carbocycles. The number of rotatable bonds is 3. The van der Waals surface area contributed by atoms with Crippen LogP contribution in [-0.4, -0.2) is 31.3 Å². The summed E-state index contributed by atoms with van der Waals surface area (Å²) in [6, 6.07) is 13.9. The van der Waals surface area contributed by atoms with Gasteiger partial charge >= 0.3 is 6.09 Å². The molecule has 0 radical (unpaired) electrons. The number of carbonyl (C=O) groups is 2. The molecule has 3 rings (SSSR count). The molecule has 25 heavy (non-hydrogen) atoms. The van der Waals surface area contributed by atoms with E-state index >= 15 is 0 Å². The predicted molar refractivity (Wildman–Crippen MR) is 92.0 cm³/mol. The summed E-state index contributed by atoms with van der Waals surface area (Å²) in [5, 5.41) is 5.31. The van der Waals surface area contributed by atoms with E-state index in [1.54, 1.807) is 43.3 Å². The molecule has 0 spiro atoms. The van der Waals surface area contributed by atoms with Gasteiger partial charge in [0.05, 0.1) is 7.11 Å². The lowest BCUT2D eigenvalue weighted by atomic mass is 10.1. The number of hydrogen-bond acceptors (Lipinski definition) is 5. The van der Waals surface area contributed by atoms with E-state index in [0.717, 1.165) is 0 Å². The van der Waals surface area contributed by atoms with Gasteiger partial charge in [0.25, 0.3) is 5.91 Å². The SMILES string of the molecule is COC(=O)Nc1ccc(NC(=O)[C@@H]2Oc3ccccc3O[C@H]2C)cc1. The van der Waals surface area contributed by atoms with E-state index in [0.29, 0.717) is 22.9 Å². The quantitative estimate of drug-likeness (QED) is 0.895. The van der Waals surface area contributed by atoms with E-state index in [9.17, 15) is 9.59 Å². The molecule has 0 unspecified atom stereocenters. The first-order chi connectivity index (χ1) is 12.1. The van der Waals surface area contributed by atoms with Crippen molar-refractivity contribution in [1.29, 1.82) is 0 Å². The van der Waals surface area contributed by atoms with Crippen molar-refractivity contribution in [1.82, 2.24) is 0 Å². The Morgan fingerprint density at radius 3 is 2.08 bits per heavy atom. The molecule has 1 aliphatic heterocycles. The van der Waals surface area contributed by atoms with Gasteiger partial charge in [-0.05, 0) is 43.3 Å². The van der Waals surface area contributed by atoms with E-state index in [2.05, 4.69) is 15.4 Å². The second-order valence-corrected chi connectivity index (χ2v) is 5.49. The predicted octanol–water partition coefficient (Wildman–Crippen LogP) is 3.03. The number of anilines is 2. The molecule has 0 aliphatic carbocycles. The molecular formula is C18H18N2O5. The molecule has 1 aliphatic rings. The van der Waals surface area contributed by atoms with E-state index in [1.807, 2.05) is 12.1 Å². The number of amides is 2. The highest BCUT2D eigenvalue weighted by Crippen LogP contribution is 2.33. The van der Waals surface area contributed by atoms with Crippen molar-refractivity contribution in [2.24, 2.45) is 0 Å². The van der Waals surface area contributed by atoms with Crippen molar-refractivity contribution in [3.63, 3.8) is 0 Å². The lowest BCUT2D eigenvalue weighted by molar-refractivity contribution is -0.128. The van der Waals surface area contributed by atoms with Crippen LogP contribution in [-0.2, 0) is 9.53 Å². The summed E-state index contributed by atoms with van der Waals surface area (Å²) >= 11 is 0. The molecule has 0 bridgehead atoms. The number of methoxy groups -OCH3 is 1. The van der Waals surface area contributed by atoms with Gasteiger partial charge in [-0.15, -0.1) is 0 Å². The molecular weight excluding hydrogens is 324 g/mol. The minimum absolute atomic E-state index is 0.310. The van der Waals surface area contributed by atoms with E-state index in [4.69, 9.17) is 9.47 Å². The van der Waals surface area contributed by atoms with Crippen LogP contribution in [0, 0.1) is 0 Å². The summed E-state index contributed by atoms with van der Waals surface area (Å²) in [6.45, 7) is 1.78. The summed E-state index contributed by atoms with van der Waals surface area (Å²) in [5.41, 5.74) is 1.14. The summed E-state index contributed by atoms with van der Waals surface area (Å²) in [4.78, 5) is 23.6. The highest BCUT2D eigenvalue weighted by atomic mass is 16.6. The fourth-order valence-electron chi connectivity index (χ4n) is 2.43. The van der Waals surface area contributed by atoms with Crippen LogP contribution in [0.5, 0.6) is 11.5 Å². The van der Waals surface area contributed by atoms with Gasteiger partial charge in [0.15, 0.2) is 11.5 Å². The van der Waals surface area contributed by atoms with Gasteiger partial charge in [-0.1, -0.05) is 12.1 Å². The van der Waals surface area contributed by atoms with Crippen molar-refractivity contribution >= 4 is 23.4 Å². The first kappa shape index (κ1) is 16.6. The van der Waals surface area contributed by atoms with Gasteiger partial charge in [0, 0.05) is 11.4 Å². The molecule has 0 saturated heterocycles. The Balaban J connectivity index is 1.65. The molecule has 1 heterocycles. The number of nitrogens with one attached hydrogen (secondary N) is 2. The van der Waals surface area contributed by atoms with Crippen molar-refractivity contribution in [2.75, 3.05) is 17.7 Å². The Kier molecular flexibility index (Phi) is 4.74. The second-order valence-electron chi connectivity index (χ2n) is 5.49. The molecule has 130 valence electrons. The normalized spacial score (nSPS) is 18.2. The highest BCUT2D eigenvalue weighted by molar-refractivity contribution is 5.95. The Morgan fingerprint density at radius 1 is 0.920 bits per heavy atom. The number of para-hydroxylation sites is 2. The molecule has 0 fully saturated rings. The third-order valence-corrected chi connectivity index (χ3v) is 3.68. The summed E-state index contributed by atoms with van der Waals surface area (Å²) < 4.78 is 16.0. The zero-order valence-corrected chi connectivity index (χ0v) is 13.8. The number of benzene rings is 2. The maximum absolute atomic E-state index is 12.5. The molecule has 0 aromatic heterocycles. The summed E-state index contributed by atoms with van der Waals surface area (Å²) in [6.07, 6.45) is -1.74. The standard InChI is InChI=1S/C18H18N2O5/c1-11-16(25-15-6-4-3-5-14(15)24-11)17(21)19-12-7-9-13(10-8-12)20-18(22)23-2/h3-11,16H,1-2H3,(H,19,21)(H,20,22)/t11-,16+/m0/s1. The lowest BCUT2D eigenvalue weighted by Crippen LogP contribution is -2.46. The maximum atomic E-state index is 12.5. The van der Waals surface area contributed by atoms with Crippen molar-refractivity contribution in [3.05, 3.63) is 48.5 Å². The van der Waals surface area contributed by atoms with Crippen LogP contribution in [0.4, 0.5) is 16.2 Å². The fourth-order valence-corrected chi connectivity index (χ4v) is 2.43. The first-order valence-electron chi connectivity index (χ1n) is 7.75. The molecule has 2 aromatic carbocycles. The third-order valence-electron chi connectivity index (χ3n) is 3.68. The minimum atomic E-state index is -0.761. The van der Waals surface area contributed by atoms with Crippen LogP contribution in [0.25, 0.3) is 0 Å². The fraction of sp³-hybridized carbons (Fsp3) is 0.222. The number of carbonyl (C=O) groups excluding carboxylic acids is 2. The van der Waals surface area contributed by atoms with Crippen LogP contribution in [0.2, 0.25) is 0 Å². The zero-order chi connectivity index (χ0) is 17.8. The average Bonchev–Trinajstić information content (AvgIpc) is 2.62. The van der Waals surface area contributed by atoms with Crippen LogP contribution in [0.15, 0.2) is 48.5 Å². The Hall–Kier alpha value is -3.22. The number of fused-ring (bicyclic) bond motifs is 1. The van der Waals surface area contributed by atoms with E-state index in [-0.39, 0.29) is 5.91 Å². The van der Waals surface area contributed by atoms with Crippen LogP contribution < -0.4 is 20.1 Å². The third kappa shape index (κ3) is 3.82. The number of ether oxygens (including phenoxy) is 3. The summed E-state index contributed by atoms with van der Waals surface area (Å²) in [7, 11) is 1.29. The van der Waals surface area contributed by atoms with Gasteiger partial charge in [-0.25, -0.2) is 4.79 Å². The Labute approximate surface area is 144 Å². The van der Waals surface area contributed by atoms with Crippen LogP contribution in [0.1, 0.15) is 6.92 Å². The topological polar surface area (TPSA) is 85.9 Å². The van der Waals surface area contributed by atoms with Gasteiger partial charge in [0.2, 0.25) is 6.10 Å². The maximum Gasteiger partial charge on any atom is 0.411 e. The zero-order valence-electron chi connectivity index (χ0n) is 13.8.